The first-order valence-corrected chi connectivity index (χ1v) is 14.3. The van der Waals surface area contributed by atoms with E-state index in [9.17, 15) is 9.59 Å². The zero-order valence-corrected chi connectivity index (χ0v) is 24.5. The van der Waals surface area contributed by atoms with Crippen LogP contribution in [-0.2, 0) is 38.0 Å². The summed E-state index contributed by atoms with van der Waals surface area (Å²) in [5.41, 5.74) is 0. The quantitative estimate of drug-likeness (QED) is 0.132. The molecule has 10 nitrogen and oxygen atoms in total. The van der Waals surface area contributed by atoms with E-state index in [0.29, 0.717) is 64.7 Å². The van der Waals surface area contributed by atoms with Crippen LogP contribution in [0.2, 0.25) is 0 Å². The molecule has 0 saturated carbocycles. The van der Waals surface area contributed by atoms with E-state index in [4.69, 9.17) is 38.6 Å². The van der Waals surface area contributed by atoms with E-state index in [1.807, 2.05) is 0 Å². The van der Waals surface area contributed by atoms with Crippen LogP contribution in [0.5, 0.6) is 0 Å². The van der Waals surface area contributed by atoms with Gasteiger partial charge in [0.05, 0.1) is 52.9 Å². The highest BCUT2D eigenvalue weighted by molar-refractivity contribution is 5.68. The standard InChI is InChI=1S/2C14H28O5/c2*1-3-5-6-13(4-2)11-18-9-7-17-8-10-19-12-14(15)16/h2*13H,3-12H2,1-2H3,(H,15,16). The minimum atomic E-state index is -0.957. The van der Waals surface area contributed by atoms with Gasteiger partial charge in [0.1, 0.15) is 13.2 Å². The third-order valence-electron chi connectivity index (χ3n) is 5.73. The third-order valence-corrected chi connectivity index (χ3v) is 5.73. The van der Waals surface area contributed by atoms with E-state index in [1.54, 1.807) is 0 Å². The second-order valence-corrected chi connectivity index (χ2v) is 9.10. The maximum Gasteiger partial charge on any atom is 0.329 e. The SMILES string of the molecule is CCCCC(CC)COCCOCCOCC(=O)O.CCCCC(CC)COCCOCCOCC(=O)O. The van der Waals surface area contributed by atoms with Crippen LogP contribution < -0.4 is 0 Å². The van der Waals surface area contributed by atoms with Crippen LogP contribution in [0, 0.1) is 11.8 Å². The van der Waals surface area contributed by atoms with E-state index >= 15 is 0 Å². The van der Waals surface area contributed by atoms with E-state index < -0.39 is 11.9 Å². The summed E-state index contributed by atoms with van der Waals surface area (Å²) in [5.74, 6) is -0.611. The summed E-state index contributed by atoms with van der Waals surface area (Å²) in [4.78, 5) is 20.3. The number of carboxylic acids is 2. The number of aliphatic carboxylic acids is 2. The summed E-state index contributed by atoms with van der Waals surface area (Å²) in [5, 5.41) is 16.7. The Kier molecular flexibility index (Phi) is 32.6. The molecule has 228 valence electrons. The molecule has 0 aromatic carbocycles. The monoisotopic (exact) mass is 552 g/mol. The average Bonchev–Trinajstić information content (AvgIpc) is 2.90. The van der Waals surface area contributed by atoms with Gasteiger partial charge >= 0.3 is 11.9 Å². The summed E-state index contributed by atoms with van der Waals surface area (Å²) in [6.07, 6.45) is 9.77. The van der Waals surface area contributed by atoms with Gasteiger partial charge in [-0.25, -0.2) is 9.59 Å². The number of rotatable bonds is 28. The van der Waals surface area contributed by atoms with Crippen molar-refractivity contribution in [2.24, 2.45) is 11.8 Å². The van der Waals surface area contributed by atoms with Crippen LogP contribution in [0.4, 0.5) is 0 Å². The van der Waals surface area contributed by atoms with Crippen LogP contribution in [0.25, 0.3) is 0 Å². The van der Waals surface area contributed by atoms with Gasteiger partial charge in [-0.2, -0.15) is 0 Å². The number of hydrogen-bond acceptors (Lipinski definition) is 8. The van der Waals surface area contributed by atoms with Crippen molar-refractivity contribution in [1.29, 1.82) is 0 Å². The number of unbranched alkanes of at least 4 members (excludes halogenated alkanes) is 2. The minimum Gasteiger partial charge on any atom is -0.480 e. The van der Waals surface area contributed by atoms with Crippen molar-refractivity contribution in [3.8, 4) is 0 Å². The van der Waals surface area contributed by atoms with Crippen molar-refractivity contribution < 1.29 is 48.2 Å². The maximum absolute atomic E-state index is 10.2. The van der Waals surface area contributed by atoms with Crippen LogP contribution in [-0.4, -0.2) is 101 Å². The Hall–Kier alpha value is -1.30. The predicted molar refractivity (Wildman–Crippen MR) is 147 cm³/mol. The molecule has 38 heavy (non-hydrogen) atoms. The van der Waals surface area contributed by atoms with Gasteiger partial charge in [-0.3, -0.25) is 0 Å². The fraction of sp³-hybridized carbons (Fsp3) is 0.929. The van der Waals surface area contributed by atoms with Gasteiger partial charge in [0.2, 0.25) is 0 Å². The Labute approximate surface area is 230 Å². The molecule has 0 bridgehead atoms. The number of ether oxygens (including phenoxy) is 6. The zero-order chi connectivity index (χ0) is 28.7. The van der Waals surface area contributed by atoms with Gasteiger partial charge in [0, 0.05) is 13.2 Å². The Morgan fingerprint density at radius 3 is 1.13 bits per heavy atom. The fourth-order valence-corrected chi connectivity index (χ4v) is 3.29. The molecular weight excluding hydrogens is 496 g/mol. The molecule has 0 saturated heterocycles. The van der Waals surface area contributed by atoms with E-state index in [2.05, 4.69) is 27.7 Å². The molecule has 0 aromatic rings. The lowest BCUT2D eigenvalue weighted by Gasteiger charge is -2.14. The second kappa shape index (κ2) is 31.9. The van der Waals surface area contributed by atoms with Gasteiger partial charge in [-0.1, -0.05) is 66.2 Å². The molecule has 0 heterocycles. The number of hydrogen-bond donors (Lipinski definition) is 2. The van der Waals surface area contributed by atoms with Crippen molar-refractivity contribution in [3.63, 3.8) is 0 Å². The van der Waals surface area contributed by atoms with Gasteiger partial charge < -0.3 is 38.6 Å². The highest BCUT2D eigenvalue weighted by atomic mass is 16.6. The average molecular weight is 553 g/mol. The first-order valence-electron chi connectivity index (χ1n) is 14.3. The minimum absolute atomic E-state index is 0.268. The van der Waals surface area contributed by atoms with Gasteiger partial charge in [0.25, 0.3) is 0 Å². The largest absolute Gasteiger partial charge is 0.480 e. The summed E-state index contributed by atoms with van der Waals surface area (Å²) >= 11 is 0. The van der Waals surface area contributed by atoms with Crippen molar-refractivity contribution in [3.05, 3.63) is 0 Å². The molecule has 0 spiro atoms. The third kappa shape index (κ3) is 32.7. The molecule has 0 rings (SSSR count). The molecule has 0 aliphatic carbocycles. The molecule has 2 unspecified atom stereocenters. The lowest BCUT2D eigenvalue weighted by molar-refractivity contribution is -0.143. The van der Waals surface area contributed by atoms with Gasteiger partial charge in [-0.05, 0) is 24.7 Å². The fourth-order valence-electron chi connectivity index (χ4n) is 3.29. The summed E-state index contributed by atoms with van der Waals surface area (Å²) in [7, 11) is 0. The van der Waals surface area contributed by atoms with Gasteiger partial charge in [0.15, 0.2) is 0 Å². The van der Waals surface area contributed by atoms with Crippen LogP contribution >= 0.6 is 0 Å². The first-order chi connectivity index (χ1) is 18.4. The highest BCUT2D eigenvalue weighted by Gasteiger charge is 2.06. The van der Waals surface area contributed by atoms with Crippen molar-refractivity contribution in [2.75, 3.05) is 79.3 Å². The Bertz CT molecular complexity index is 460. The van der Waals surface area contributed by atoms with E-state index in [-0.39, 0.29) is 13.2 Å². The summed E-state index contributed by atoms with van der Waals surface area (Å²) in [6.45, 7) is 13.5. The Balaban J connectivity index is 0. The van der Waals surface area contributed by atoms with E-state index in [0.717, 1.165) is 26.1 Å². The van der Waals surface area contributed by atoms with Crippen molar-refractivity contribution in [2.45, 2.75) is 79.1 Å². The number of carboxylic acid groups (broad SMARTS) is 2. The molecule has 2 N–H and O–H groups in total. The molecule has 0 aliphatic heterocycles. The zero-order valence-electron chi connectivity index (χ0n) is 24.5. The number of carbonyl (C=O) groups is 2. The molecular formula is C28H56O10. The highest BCUT2D eigenvalue weighted by Crippen LogP contribution is 2.13. The van der Waals surface area contributed by atoms with E-state index in [1.165, 1.54) is 38.5 Å². The second-order valence-electron chi connectivity index (χ2n) is 9.10. The molecule has 0 aliphatic rings. The molecule has 0 amide bonds. The molecule has 0 aromatic heterocycles. The molecule has 0 radical (unpaired) electrons. The summed E-state index contributed by atoms with van der Waals surface area (Å²) in [6, 6.07) is 0. The van der Waals surface area contributed by atoms with Crippen LogP contribution in [0.1, 0.15) is 79.1 Å². The van der Waals surface area contributed by atoms with Crippen molar-refractivity contribution in [1.82, 2.24) is 0 Å². The topological polar surface area (TPSA) is 130 Å². The molecule has 2 atom stereocenters. The molecule has 0 fully saturated rings. The lowest BCUT2D eigenvalue weighted by atomic mass is 10.0. The van der Waals surface area contributed by atoms with Crippen LogP contribution in [0.3, 0.4) is 0 Å². The Morgan fingerprint density at radius 2 is 0.842 bits per heavy atom. The lowest BCUT2D eigenvalue weighted by Crippen LogP contribution is -2.15. The predicted octanol–water partition coefficient (Wildman–Crippen LogP) is 4.67. The smallest absolute Gasteiger partial charge is 0.329 e. The van der Waals surface area contributed by atoms with Gasteiger partial charge in [-0.15, -0.1) is 0 Å². The first kappa shape index (κ1) is 38.8. The Morgan fingerprint density at radius 1 is 0.526 bits per heavy atom. The molecule has 10 heteroatoms. The normalized spacial score (nSPS) is 12.5. The van der Waals surface area contributed by atoms with Crippen molar-refractivity contribution >= 4 is 11.9 Å². The maximum atomic E-state index is 10.2. The summed E-state index contributed by atoms with van der Waals surface area (Å²) < 4.78 is 31.3. The van der Waals surface area contributed by atoms with Crippen LogP contribution in [0.15, 0.2) is 0 Å².